The van der Waals surface area contributed by atoms with Crippen LogP contribution in [-0.2, 0) is 22.4 Å². The van der Waals surface area contributed by atoms with Gasteiger partial charge in [-0.15, -0.1) is 0 Å². The molecule has 0 unspecified atom stereocenters. The van der Waals surface area contributed by atoms with Crippen LogP contribution >= 0.6 is 0 Å². The standard InChI is InChI=1S/C18H21BN2O6/c20-15(9-11-3-7-14(22)8-4-11)17(23)21-16(18(24)25)10-12-1-5-13(6-2-12)19(26)27/h1-8,15-16,22,26-27H,9-10,20H2,(H,21,23)(H,24,25)/t15-,16-/m0/s1. The van der Waals surface area contributed by atoms with Crippen LogP contribution in [0, 0.1) is 0 Å². The molecule has 0 aliphatic heterocycles. The largest absolute Gasteiger partial charge is 0.508 e. The number of rotatable bonds is 8. The number of nitrogens with two attached hydrogens (primary N) is 1. The van der Waals surface area contributed by atoms with Crippen LogP contribution in [0.4, 0.5) is 0 Å². The first kappa shape index (κ1) is 20.4. The molecule has 27 heavy (non-hydrogen) atoms. The molecule has 142 valence electrons. The Morgan fingerprint density at radius 3 is 2.00 bits per heavy atom. The summed E-state index contributed by atoms with van der Waals surface area (Å²) in [5.74, 6) is -1.70. The Labute approximate surface area is 156 Å². The zero-order chi connectivity index (χ0) is 20.0. The molecule has 0 spiro atoms. The normalized spacial score (nSPS) is 12.9. The highest BCUT2D eigenvalue weighted by Gasteiger charge is 2.24. The molecular weight excluding hydrogens is 351 g/mol. The summed E-state index contributed by atoms with van der Waals surface area (Å²) in [4.78, 5) is 23.7. The van der Waals surface area contributed by atoms with Gasteiger partial charge >= 0.3 is 13.1 Å². The molecule has 0 fully saturated rings. The number of phenols is 1. The van der Waals surface area contributed by atoms with Gasteiger partial charge in [-0.05, 0) is 35.1 Å². The summed E-state index contributed by atoms with van der Waals surface area (Å²) in [6.07, 6.45) is 0.219. The van der Waals surface area contributed by atoms with Crippen LogP contribution < -0.4 is 16.5 Å². The highest BCUT2D eigenvalue weighted by molar-refractivity contribution is 6.58. The van der Waals surface area contributed by atoms with Crippen molar-refractivity contribution in [3.63, 3.8) is 0 Å². The molecule has 0 aliphatic rings. The van der Waals surface area contributed by atoms with Crippen molar-refractivity contribution in [2.75, 3.05) is 0 Å². The summed E-state index contributed by atoms with van der Waals surface area (Å²) in [5.41, 5.74) is 7.49. The summed E-state index contributed by atoms with van der Waals surface area (Å²) >= 11 is 0. The lowest BCUT2D eigenvalue weighted by molar-refractivity contribution is -0.141. The fraction of sp³-hybridized carbons (Fsp3) is 0.222. The molecule has 2 aromatic carbocycles. The van der Waals surface area contributed by atoms with Crippen LogP contribution in [0.2, 0.25) is 0 Å². The van der Waals surface area contributed by atoms with Crippen LogP contribution in [0.25, 0.3) is 0 Å². The molecule has 0 saturated carbocycles. The lowest BCUT2D eigenvalue weighted by Crippen LogP contribution is -2.50. The Kier molecular flexibility index (Phi) is 6.94. The average molecular weight is 372 g/mol. The Morgan fingerprint density at radius 1 is 0.963 bits per heavy atom. The van der Waals surface area contributed by atoms with E-state index in [9.17, 15) is 19.8 Å². The Bertz CT molecular complexity index is 779. The maximum absolute atomic E-state index is 12.2. The van der Waals surface area contributed by atoms with Gasteiger partial charge in [0.25, 0.3) is 0 Å². The third kappa shape index (κ3) is 6.10. The van der Waals surface area contributed by atoms with E-state index in [1.165, 1.54) is 24.3 Å². The predicted molar refractivity (Wildman–Crippen MR) is 99.3 cm³/mol. The van der Waals surface area contributed by atoms with E-state index in [1.807, 2.05) is 0 Å². The highest BCUT2D eigenvalue weighted by atomic mass is 16.4. The number of carboxylic acid groups (broad SMARTS) is 1. The monoisotopic (exact) mass is 372 g/mol. The minimum Gasteiger partial charge on any atom is -0.508 e. The molecule has 0 aliphatic carbocycles. The summed E-state index contributed by atoms with van der Waals surface area (Å²) in [7, 11) is -1.60. The van der Waals surface area contributed by atoms with E-state index in [4.69, 9.17) is 15.8 Å². The number of amides is 1. The molecule has 2 rings (SSSR count). The quantitative estimate of drug-likeness (QED) is 0.317. The first-order valence-electron chi connectivity index (χ1n) is 8.28. The van der Waals surface area contributed by atoms with Gasteiger partial charge in [-0.3, -0.25) is 4.79 Å². The highest BCUT2D eigenvalue weighted by Crippen LogP contribution is 2.11. The third-order valence-corrected chi connectivity index (χ3v) is 4.06. The number of carboxylic acids is 1. The maximum atomic E-state index is 12.2. The summed E-state index contributed by atoms with van der Waals surface area (Å²) in [6.45, 7) is 0. The van der Waals surface area contributed by atoms with E-state index in [0.717, 1.165) is 5.56 Å². The first-order chi connectivity index (χ1) is 12.8. The maximum Gasteiger partial charge on any atom is 0.488 e. The minimum absolute atomic E-state index is 0.0226. The molecule has 8 nitrogen and oxygen atoms in total. The van der Waals surface area contributed by atoms with Crippen molar-refractivity contribution in [2.24, 2.45) is 5.73 Å². The van der Waals surface area contributed by atoms with Crippen LogP contribution in [0.15, 0.2) is 48.5 Å². The second kappa shape index (κ2) is 9.18. The molecule has 0 saturated heterocycles. The van der Waals surface area contributed by atoms with Gasteiger partial charge in [-0.25, -0.2) is 4.79 Å². The number of aromatic hydroxyl groups is 1. The van der Waals surface area contributed by atoms with Crippen molar-refractivity contribution in [2.45, 2.75) is 24.9 Å². The molecule has 0 aromatic heterocycles. The molecular formula is C18H21BN2O6. The minimum atomic E-state index is -1.60. The molecule has 7 N–H and O–H groups in total. The fourth-order valence-electron chi connectivity index (χ4n) is 2.52. The first-order valence-corrected chi connectivity index (χ1v) is 8.28. The van der Waals surface area contributed by atoms with Crippen molar-refractivity contribution in [1.29, 1.82) is 0 Å². The van der Waals surface area contributed by atoms with Gasteiger partial charge in [0.15, 0.2) is 0 Å². The predicted octanol–water partition coefficient (Wildman–Crippen LogP) is -1.25. The number of nitrogens with one attached hydrogen (secondary N) is 1. The van der Waals surface area contributed by atoms with E-state index in [0.29, 0.717) is 5.56 Å². The van der Waals surface area contributed by atoms with Crippen molar-refractivity contribution < 1.29 is 29.9 Å². The zero-order valence-corrected chi connectivity index (χ0v) is 14.4. The van der Waals surface area contributed by atoms with Crippen molar-refractivity contribution in [3.05, 3.63) is 59.7 Å². The fourth-order valence-corrected chi connectivity index (χ4v) is 2.52. The average Bonchev–Trinajstić information content (AvgIpc) is 2.63. The number of phenolic OH excluding ortho intramolecular Hbond substituents is 1. The van der Waals surface area contributed by atoms with Crippen molar-refractivity contribution in [3.8, 4) is 5.75 Å². The SMILES string of the molecule is N[C@@H](Cc1ccc(O)cc1)C(=O)N[C@@H](Cc1ccc(B(O)O)cc1)C(=O)O. The van der Waals surface area contributed by atoms with Gasteiger partial charge in [-0.2, -0.15) is 0 Å². The number of hydrogen-bond acceptors (Lipinski definition) is 6. The Hall–Kier alpha value is -2.88. The summed E-state index contributed by atoms with van der Waals surface area (Å²) < 4.78 is 0. The van der Waals surface area contributed by atoms with Gasteiger partial charge in [-0.1, -0.05) is 36.4 Å². The number of benzene rings is 2. The van der Waals surface area contributed by atoms with Crippen LogP contribution in [0.5, 0.6) is 5.75 Å². The number of carbonyl (C=O) groups is 2. The lowest BCUT2D eigenvalue weighted by atomic mass is 9.80. The van der Waals surface area contributed by atoms with Gasteiger partial charge in [0.05, 0.1) is 6.04 Å². The molecule has 0 heterocycles. The molecule has 2 atom stereocenters. The number of hydrogen-bond donors (Lipinski definition) is 6. The Balaban J connectivity index is 1.98. The molecule has 0 radical (unpaired) electrons. The number of carbonyl (C=O) groups excluding carboxylic acids is 1. The van der Waals surface area contributed by atoms with Crippen LogP contribution in [0.1, 0.15) is 11.1 Å². The van der Waals surface area contributed by atoms with Crippen LogP contribution in [0.3, 0.4) is 0 Å². The lowest BCUT2D eigenvalue weighted by Gasteiger charge is -2.18. The zero-order valence-electron chi connectivity index (χ0n) is 14.4. The van der Waals surface area contributed by atoms with Gasteiger partial charge in [0, 0.05) is 6.42 Å². The van der Waals surface area contributed by atoms with Gasteiger partial charge in [0.1, 0.15) is 11.8 Å². The van der Waals surface area contributed by atoms with Gasteiger partial charge in [0.2, 0.25) is 5.91 Å². The second-order valence-corrected chi connectivity index (χ2v) is 6.20. The number of aliphatic carboxylic acids is 1. The van der Waals surface area contributed by atoms with Crippen molar-refractivity contribution in [1.82, 2.24) is 5.32 Å². The molecule has 9 heteroatoms. The molecule has 0 bridgehead atoms. The second-order valence-electron chi connectivity index (χ2n) is 6.20. The topological polar surface area (TPSA) is 153 Å². The third-order valence-electron chi connectivity index (χ3n) is 4.06. The van der Waals surface area contributed by atoms with Gasteiger partial charge < -0.3 is 31.3 Å². The summed E-state index contributed by atoms with van der Waals surface area (Å²) in [5, 5.41) is 39.2. The Morgan fingerprint density at radius 2 is 1.48 bits per heavy atom. The summed E-state index contributed by atoms with van der Waals surface area (Å²) in [6, 6.07) is 10.2. The van der Waals surface area contributed by atoms with E-state index in [1.54, 1.807) is 24.3 Å². The van der Waals surface area contributed by atoms with E-state index in [2.05, 4.69) is 5.32 Å². The molecule has 2 aromatic rings. The van der Waals surface area contributed by atoms with Crippen LogP contribution in [-0.4, -0.2) is 51.3 Å². The molecule has 1 amide bonds. The van der Waals surface area contributed by atoms with E-state index in [-0.39, 0.29) is 24.1 Å². The van der Waals surface area contributed by atoms with E-state index < -0.39 is 31.1 Å². The van der Waals surface area contributed by atoms with Crippen molar-refractivity contribution >= 4 is 24.5 Å². The smallest absolute Gasteiger partial charge is 0.488 e. The van der Waals surface area contributed by atoms with E-state index >= 15 is 0 Å².